The van der Waals surface area contributed by atoms with Gasteiger partial charge in [0.2, 0.25) is 5.95 Å². The predicted octanol–water partition coefficient (Wildman–Crippen LogP) is 4.37. The molecule has 0 aliphatic heterocycles. The number of anilines is 3. The van der Waals surface area contributed by atoms with Crippen LogP contribution in [0.4, 0.5) is 17.5 Å². The summed E-state index contributed by atoms with van der Waals surface area (Å²) in [4.78, 5) is 11.6. The Morgan fingerprint density at radius 3 is 2.39 bits per heavy atom. The van der Waals surface area contributed by atoms with Gasteiger partial charge in [-0.05, 0) is 62.4 Å². The molecule has 1 aliphatic rings. The number of aromatic nitrogens is 2. The number of para-hydroxylation sites is 2. The van der Waals surface area contributed by atoms with Crippen molar-refractivity contribution in [2.24, 2.45) is 5.92 Å². The molecule has 1 saturated carbocycles. The number of hydrogen-bond acceptors (Lipinski definition) is 6. The zero-order valence-electron chi connectivity index (χ0n) is 18.6. The molecule has 3 aromatic rings. The molecule has 0 saturated heterocycles. The third-order valence-electron chi connectivity index (χ3n) is 6.02. The molecule has 0 spiro atoms. The van der Waals surface area contributed by atoms with Crippen molar-refractivity contribution in [3.05, 3.63) is 54.6 Å². The first-order chi connectivity index (χ1) is 15.2. The monoisotopic (exact) mass is 418 g/mol. The third kappa shape index (κ3) is 5.85. The van der Waals surface area contributed by atoms with Crippen molar-refractivity contribution in [1.29, 1.82) is 0 Å². The number of benzene rings is 2. The molecule has 0 radical (unpaired) electrons. The van der Waals surface area contributed by atoms with Crippen LogP contribution in [0, 0.1) is 5.92 Å². The second-order valence-electron chi connectivity index (χ2n) is 8.64. The van der Waals surface area contributed by atoms with Crippen molar-refractivity contribution in [2.45, 2.75) is 31.7 Å². The first-order valence-electron chi connectivity index (χ1n) is 11.4. The van der Waals surface area contributed by atoms with E-state index >= 15 is 0 Å². The Balaban J connectivity index is 1.21. The van der Waals surface area contributed by atoms with Gasteiger partial charge in [-0.1, -0.05) is 30.3 Å². The standard InChI is InChI=1S/C25H34N6/c1-31(2)24-22-10-6-7-11-23(22)29-25(30-24)28-21-14-12-19(13-15-21)18-26-16-17-27-20-8-4-3-5-9-20/h3-11,19,21,26-27H,12-18H2,1-2H3,(H,28,29,30)/t19-,21+. The molecule has 6 heteroatoms. The van der Waals surface area contributed by atoms with E-state index in [1.54, 1.807) is 0 Å². The van der Waals surface area contributed by atoms with Gasteiger partial charge < -0.3 is 20.9 Å². The molecule has 3 N–H and O–H groups in total. The lowest BCUT2D eigenvalue weighted by Crippen LogP contribution is -2.33. The average molecular weight is 419 g/mol. The molecule has 0 bridgehead atoms. The van der Waals surface area contributed by atoms with Crippen LogP contribution in [0.25, 0.3) is 10.9 Å². The summed E-state index contributed by atoms with van der Waals surface area (Å²) in [6, 6.07) is 19.1. The van der Waals surface area contributed by atoms with Gasteiger partial charge >= 0.3 is 0 Å². The highest BCUT2D eigenvalue weighted by Crippen LogP contribution is 2.28. The van der Waals surface area contributed by atoms with Gasteiger partial charge in [-0.3, -0.25) is 0 Å². The highest BCUT2D eigenvalue weighted by atomic mass is 15.2. The maximum atomic E-state index is 4.79. The summed E-state index contributed by atoms with van der Waals surface area (Å²) in [5, 5.41) is 11.8. The van der Waals surface area contributed by atoms with Gasteiger partial charge in [-0.2, -0.15) is 4.98 Å². The van der Waals surface area contributed by atoms with E-state index in [1.165, 1.54) is 31.4 Å². The van der Waals surface area contributed by atoms with Crippen LogP contribution in [0.15, 0.2) is 54.6 Å². The van der Waals surface area contributed by atoms with E-state index in [-0.39, 0.29) is 0 Å². The van der Waals surface area contributed by atoms with E-state index in [0.717, 1.165) is 48.2 Å². The van der Waals surface area contributed by atoms with Gasteiger partial charge in [-0.15, -0.1) is 0 Å². The summed E-state index contributed by atoms with van der Waals surface area (Å²) in [5.74, 6) is 2.47. The minimum Gasteiger partial charge on any atom is -0.384 e. The van der Waals surface area contributed by atoms with Crippen LogP contribution in [-0.4, -0.2) is 49.7 Å². The fraction of sp³-hybridized carbons (Fsp3) is 0.440. The molecule has 0 amide bonds. The summed E-state index contributed by atoms with van der Waals surface area (Å²) in [6.07, 6.45) is 4.82. The molecule has 4 rings (SSSR count). The van der Waals surface area contributed by atoms with Gasteiger partial charge in [0.25, 0.3) is 0 Å². The highest BCUT2D eigenvalue weighted by Gasteiger charge is 2.22. The zero-order chi connectivity index (χ0) is 21.5. The fourth-order valence-corrected chi connectivity index (χ4v) is 4.32. The number of nitrogens with zero attached hydrogens (tertiary/aromatic N) is 3. The van der Waals surface area contributed by atoms with E-state index in [9.17, 15) is 0 Å². The van der Waals surface area contributed by atoms with Crippen LogP contribution >= 0.6 is 0 Å². The lowest BCUT2D eigenvalue weighted by Gasteiger charge is -2.29. The average Bonchev–Trinajstić information content (AvgIpc) is 2.80. The minimum absolute atomic E-state index is 0.451. The van der Waals surface area contributed by atoms with Crippen LogP contribution in [0.3, 0.4) is 0 Å². The van der Waals surface area contributed by atoms with E-state index < -0.39 is 0 Å². The molecule has 1 fully saturated rings. The first-order valence-corrected chi connectivity index (χ1v) is 11.4. The Kier molecular flexibility index (Phi) is 7.20. The molecular formula is C25H34N6. The number of rotatable bonds is 9. The van der Waals surface area contributed by atoms with Crippen molar-refractivity contribution in [3.8, 4) is 0 Å². The maximum absolute atomic E-state index is 4.79. The van der Waals surface area contributed by atoms with Gasteiger partial charge in [0, 0.05) is 44.3 Å². The SMILES string of the molecule is CN(C)c1nc(N[C@H]2CC[C@@H](CNCCNc3ccccc3)CC2)nc2ccccc12. The maximum Gasteiger partial charge on any atom is 0.225 e. The van der Waals surface area contributed by atoms with Gasteiger partial charge in [0.1, 0.15) is 5.82 Å². The zero-order valence-corrected chi connectivity index (χ0v) is 18.6. The van der Waals surface area contributed by atoms with Crippen molar-refractivity contribution in [1.82, 2.24) is 15.3 Å². The Morgan fingerprint density at radius 1 is 0.871 bits per heavy atom. The molecule has 2 aromatic carbocycles. The summed E-state index contributed by atoms with van der Waals surface area (Å²) >= 11 is 0. The molecule has 1 heterocycles. The first kappa shape index (κ1) is 21.4. The molecule has 164 valence electrons. The predicted molar refractivity (Wildman–Crippen MR) is 131 cm³/mol. The molecule has 6 nitrogen and oxygen atoms in total. The molecule has 1 aliphatic carbocycles. The summed E-state index contributed by atoms with van der Waals surface area (Å²) < 4.78 is 0. The number of fused-ring (bicyclic) bond motifs is 1. The largest absolute Gasteiger partial charge is 0.384 e. The van der Waals surface area contributed by atoms with Crippen LogP contribution < -0.4 is 20.9 Å². The van der Waals surface area contributed by atoms with Crippen molar-refractivity contribution < 1.29 is 0 Å². The smallest absolute Gasteiger partial charge is 0.225 e. The summed E-state index contributed by atoms with van der Waals surface area (Å²) in [5.41, 5.74) is 2.18. The second-order valence-corrected chi connectivity index (χ2v) is 8.64. The highest BCUT2D eigenvalue weighted by molar-refractivity contribution is 5.90. The van der Waals surface area contributed by atoms with E-state index in [0.29, 0.717) is 6.04 Å². The normalized spacial score (nSPS) is 18.6. The van der Waals surface area contributed by atoms with Gasteiger partial charge in [0.15, 0.2) is 0 Å². The second kappa shape index (κ2) is 10.4. The van der Waals surface area contributed by atoms with Crippen LogP contribution in [0.2, 0.25) is 0 Å². The minimum atomic E-state index is 0.451. The molecular weight excluding hydrogens is 384 g/mol. The van der Waals surface area contributed by atoms with E-state index in [2.05, 4.69) is 57.2 Å². The van der Waals surface area contributed by atoms with Gasteiger partial charge in [-0.25, -0.2) is 4.98 Å². The lowest BCUT2D eigenvalue weighted by atomic mass is 9.86. The Hall–Kier alpha value is -2.86. The molecule has 31 heavy (non-hydrogen) atoms. The van der Waals surface area contributed by atoms with Crippen molar-refractivity contribution in [2.75, 3.05) is 49.3 Å². The quantitative estimate of drug-likeness (QED) is 0.449. The van der Waals surface area contributed by atoms with E-state index in [4.69, 9.17) is 9.97 Å². The molecule has 0 atom stereocenters. The van der Waals surface area contributed by atoms with Crippen LogP contribution in [-0.2, 0) is 0 Å². The van der Waals surface area contributed by atoms with Crippen LogP contribution in [0.1, 0.15) is 25.7 Å². The Labute approximate surface area is 185 Å². The van der Waals surface area contributed by atoms with Crippen LogP contribution in [0.5, 0.6) is 0 Å². The van der Waals surface area contributed by atoms with Gasteiger partial charge in [0.05, 0.1) is 5.52 Å². The fourth-order valence-electron chi connectivity index (χ4n) is 4.32. The lowest BCUT2D eigenvalue weighted by molar-refractivity contribution is 0.326. The summed E-state index contributed by atoms with van der Waals surface area (Å²) in [6.45, 7) is 3.04. The summed E-state index contributed by atoms with van der Waals surface area (Å²) in [7, 11) is 4.07. The Morgan fingerprint density at radius 2 is 1.61 bits per heavy atom. The number of hydrogen-bond donors (Lipinski definition) is 3. The third-order valence-corrected chi connectivity index (χ3v) is 6.02. The van der Waals surface area contributed by atoms with Crippen molar-refractivity contribution >= 4 is 28.4 Å². The molecule has 1 aromatic heterocycles. The number of nitrogens with one attached hydrogen (secondary N) is 3. The Bertz CT molecular complexity index is 951. The molecule has 0 unspecified atom stereocenters. The van der Waals surface area contributed by atoms with Crippen molar-refractivity contribution in [3.63, 3.8) is 0 Å². The van der Waals surface area contributed by atoms with E-state index in [1.807, 2.05) is 32.3 Å². The topological polar surface area (TPSA) is 65.1 Å².